The van der Waals surface area contributed by atoms with E-state index in [2.05, 4.69) is 20.9 Å². The molecule has 1 aliphatic heterocycles. The first-order chi connectivity index (χ1) is 11.5. The van der Waals surface area contributed by atoms with Gasteiger partial charge in [0.2, 0.25) is 0 Å². The molecule has 0 N–H and O–H groups in total. The van der Waals surface area contributed by atoms with E-state index in [1.807, 2.05) is 24.3 Å². The molecule has 24 heavy (non-hydrogen) atoms. The van der Waals surface area contributed by atoms with Crippen LogP contribution in [0.25, 0.3) is 0 Å². The molecule has 4 nitrogen and oxygen atoms in total. The predicted octanol–water partition coefficient (Wildman–Crippen LogP) is 4.40. The van der Waals surface area contributed by atoms with E-state index in [4.69, 9.17) is 11.6 Å². The summed E-state index contributed by atoms with van der Waals surface area (Å²) in [5, 5.41) is 1.19. The zero-order chi connectivity index (χ0) is 17.2. The van der Waals surface area contributed by atoms with Gasteiger partial charge in [-0.3, -0.25) is 4.99 Å². The normalized spacial score (nSPS) is 14.8. The standard InChI is InChI=1S/C16H14BrClN2O2S2/c17-13-4-6-15(7-5-13)24(21,22)20-9-8-19-16(20)23-11-12-2-1-3-14(18)10-12/h1-7,10H,8-9,11H2. The third kappa shape index (κ3) is 3.96. The van der Waals surface area contributed by atoms with Gasteiger partial charge in [0.25, 0.3) is 10.0 Å². The Morgan fingerprint density at radius 2 is 1.96 bits per heavy atom. The number of rotatable bonds is 4. The Labute approximate surface area is 159 Å². The van der Waals surface area contributed by atoms with E-state index in [-0.39, 0.29) is 4.90 Å². The second kappa shape index (κ2) is 7.47. The van der Waals surface area contributed by atoms with Crippen molar-refractivity contribution in [3.8, 4) is 0 Å². The monoisotopic (exact) mass is 444 g/mol. The molecule has 1 aliphatic rings. The molecule has 0 fully saturated rings. The summed E-state index contributed by atoms with van der Waals surface area (Å²) in [5.74, 6) is 0.617. The van der Waals surface area contributed by atoms with Gasteiger partial charge in [-0.1, -0.05) is 51.4 Å². The molecular weight excluding hydrogens is 432 g/mol. The lowest BCUT2D eigenvalue weighted by Crippen LogP contribution is -2.32. The fraction of sp³-hybridized carbons (Fsp3) is 0.188. The molecule has 0 aromatic heterocycles. The predicted molar refractivity (Wildman–Crippen MR) is 103 cm³/mol. The van der Waals surface area contributed by atoms with Crippen molar-refractivity contribution >= 4 is 54.5 Å². The molecule has 0 amide bonds. The lowest BCUT2D eigenvalue weighted by molar-refractivity contribution is 0.540. The van der Waals surface area contributed by atoms with E-state index >= 15 is 0 Å². The average molecular weight is 446 g/mol. The van der Waals surface area contributed by atoms with Gasteiger partial charge in [0.1, 0.15) is 0 Å². The second-order valence-electron chi connectivity index (χ2n) is 5.11. The lowest BCUT2D eigenvalue weighted by Gasteiger charge is -2.20. The van der Waals surface area contributed by atoms with E-state index in [1.54, 1.807) is 24.3 Å². The zero-order valence-electron chi connectivity index (χ0n) is 12.5. The molecule has 2 aromatic rings. The molecule has 1 heterocycles. The van der Waals surface area contributed by atoms with Crippen molar-refractivity contribution < 1.29 is 8.42 Å². The van der Waals surface area contributed by atoms with E-state index in [0.717, 1.165) is 10.0 Å². The topological polar surface area (TPSA) is 49.7 Å². The molecule has 3 rings (SSSR count). The van der Waals surface area contributed by atoms with Crippen molar-refractivity contribution in [3.63, 3.8) is 0 Å². The molecule has 0 unspecified atom stereocenters. The number of halogens is 2. The number of hydrogen-bond donors (Lipinski definition) is 0. The van der Waals surface area contributed by atoms with Crippen molar-refractivity contribution in [2.45, 2.75) is 10.6 Å². The number of sulfonamides is 1. The van der Waals surface area contributed by atoms with E-state index < -0.39 is 10.0 Å². The van der Waals surface area contributed by atoms with E-state index in [0.29, 0.717) is 29.0 Å². The average Bonchev–Trinajstić information content (AvgIpc) is 3.03. The molecule has 0 radical (unpaired) electrons. The molecule has 2 aromatic carbocycles. The minimum atomic E-state index is -3.58. The Bertz CT molecular complexity index is 870. The lowest BCUT2D eigenvalue weighted by atomic mass is 10.2. The van der Waals surface area contributed by atoms with E-state index in [9.17, 15) is 8.42 Å². The summed E-state index contributed by atoms with van der Waals surface area (Å²) in [6, 6.07) is 14.2. The molecule has 0 atom stereocenters. The fourth-order valence-electron chi connectivity index (χ4n) is 2.26. The first-order valence-corrected chi connectivity index (χ1v) is 10.8. The number of benzene rings is 2. The van der Waals surface area contributed by atoms with Crippen LogP contribution in [0, 0.1) is 0 Å². The summed E-state index contributed by atoms with van der Waals surface area (Å²) in [7, 11) is -3.58. The summed E-state index contributed by atoms with van der Waals surface area (Å²) >= 11 is 10.7. The van der Waals surface area contributed by atoms with Crippen LogP contribution in [0.5, 0.6) is 0 Å². The first kappa shape index (κ1) is 17.8. The summed E-state index contributed by atoms with van der Waals surface area (Å²) in [6.45, 7) is 0.851. The summed E-state index contributed by atoms with van der Waals surface area (Å²) in [6.07, 6.45) is 0. The van der Waals surface area contributed by atoms with Gasteiger partial charge in [0.05, 0.1) is 18.0 Å². The molecule has 0 bridgehead atoms. The number of nitrogens with zero attached hydrogens (tertiary/aromatic N) is 2. The Morgan fingerprint density at radius 3 is 2.67 bits per heavy atom. The first-order valence-electron chi connectivity index (χ1n) is 7.17. The molecule has 8 heteroatoms. The summed E-state index contributed by atoms with van der Waals surface area (Å²) in [5.41, 5.74) is 1.03. The second-order valence-corrected chi connectivity index (χ2v) is 9.27. The van der Waals surface area contributed by atoms with Crippen molar-refractivity contribution in [2.24, 2.45) is 4.99 Å². The molecule has 126 valence electrons. The quantitative estimate of drug-likeness (QED) is 0.701. The molecule has 0 saturated carbocycles. The van der Waals surface area contributed by atoms with Crippen LogP contribution in [-0.2, 0) is 15.8 Å². The van der Waals surface area contributed by atoms with Crippen molar-refractivity contribution in [2.75, 3.05) is 13.1 Å². The maximum Gasteiger partial charge on any atom is 0.265 e. The number of thioether (sulfide) groups is 1. The van der Waals surface area contributed by atoms with Crippen LogP contribution in [0.4, 0.5) is 0 Å². The highest BCUT2D eigenvalue weighted by atomic mass is 79.9. The Kier molecular flexibility index (Phi) is 5.54. The fourth-order valence-corrected chi connectivity index (χ4v) is 5.40. The number of hydrogen-bond acceptors (Lipinski definition) is 4. The van der Waals surface area contributed by atoms with Gasteiger partial charge in [-0.2, -0.15) is 0 Å². The minimum absolute atomic E-state index is 0.267. The molecule has 0 aliphatic carbocycles. The van der Waals surface area contributed by atoms with Gasteiger partial charge in [0.15, 0.2) is 5.17 Å². The maximum absolute atomic E-state index is 12.8. The van der Waals surface area contributed by atoms with Crippen LogP contribution >= 0.6 is 39.3 Å². The van der Waals surface area contributed by atoms with Crippen LogP contribution in [-0.4, -0.2) is 31.0 Å². The third-order valence-corrected chi connectivity index (χ3v) is 7.19. The SMILES string of the molecule is O=S(=O)(c1ccc(Br)cc1)N1CCN=C1SCc1cccc(Cl)c1. The minimum Gasteiger partial charge on any atom is -0.260 e. The van der Waals surface area contributed by atoms with Gasteiger partial charge < -0.3 is 0 Å². The van der Waals surface area contributed by atoms with Crippen LogP contribution in [0.2, 0.25) is 5.02 Å². The molecule has 0 saturated heterocycles. The smallest absolute Gasteiger partial charge is 0.260 e. The number of amidine groups is 1. The third-order valence-electron chi connectivity index (χ3n) is 3.42. The zero-order valence-corrected chi connectivity index (χ0v) is 16.5. The van der Waals surface area contributed by atoms with Gasteiger partial charge in [-0.05, 0) is 42.0 Å². The summed E-state index contributed by atoms with van der Waals surface area (Å²) in [4.78, 5) is 4.62. The van der Waals surface area contributed by atoms with Crippen molar-refractivity contribution in [1.82, 2.24) is 4.31 Å². The van der Waals surface area contributed by atoms with Crippen molar-refractivity contribution in [3.05, 3.63) is 63.6 Å². The Hall–Kier alpha value is -1.02. The van der Waals surface area contributed by atoms with Crippen LogP contribution in [0.15, 0.2) is 62.9 Å². The largest absolute Gasteiger partial charge is 0.265 e. The highest BCUT2D eigenvalue weighted by molar-refractivity contribution is 9.10. The highest BCUT2D eigenvalue weighted by Crippen LogP contribution is 2.27. The Morgan fingerprint density at radius 1 is 1.21 bits per heavy atom. The van der Waals surface area contributed by atoms with Gasteiger partial charge in [0, 0.05) is 15.2 Å². The molecular formula is C16H14BrClN2O2S2. The maximum atomic E-state index is 12.8. The van der Waals surface area contributed by atoms with E-state index in [1.165, 1.54) is 16.1 Å². The van der Waals surface area contributed by atoms with Gasteiger partial charge in [-0.15, -0.1) is 0 Å². The van der Waals surface area contributed by atoms with Crippen molar-refractivity contribution in [1.29, 1.82) is 0 Å². The van der Waals surface area contributed by atoms with Crippen LogP contribution in [0.1, 0.15) is 5.56 Å². The summed E-state index contributed by atoms with van der Waals surface area (Å²) < 4.78 is 27.9. The highest BCUT2D eigenvalue weighted by Gasteiger charge is 2.30. The van der Waals surface area contributed by atoms with Crippen LogP contribution in [0.3, 0.4) is 0 Å². The van der Waals surface area contributed by atoms with Gasteiger partial charge >= 0.3 is 0 Å². The van der Waals surface area contributed by atoms with Gasteiger partial charge in [-0.25, -0.2) is 12.7 Å². The van der Waals surface area contributed by atoms with Crippen LogP contribution < -0.4 is 0 Å². The number of aliphatic imine (C=N–C) groups is 1. The molecule has 0 spiro atoms. The Balaban J connectivity index is 1.76.